The number of carbonyl (C=O) groups is 1. The van der Waals surface area contributed by atoms with Crippen molar-refractivity contribution in [2.75, 3.05) is 0 Å². The lowest BCUT2D eigenvalue weighted by Crippen LogP contribution is -2.42. The van der Waals surface area contributed by atoms with Crippen molar-refractivity contribution < 1.29 is 22.4 Å². The van der Waals surface area contributed by atoms with Gasteiger partial charge in [0.2, 0.25) is 0 Å². The van der Waals surface area contributed by atoms with Crippen LogP contribution in [0, 0.1) is 23.3 Å². The van der Waals surface area contributed by atoms with Gasteiger partial charge in [0.1, 0.15) is 5.78 Å². The van der Waals surface area contributed by atoms with Crippen LogP contribution in [0.25, 0.3) is 0 Å². The molecule has 0 N–H and O–H groups in total. The Kier molecular flexibility index (Phi) is 2.04. The van der Waals surface area contributed by atoms with Crippen molar-refractivity contribution in [3.63, 3.8) is 0 Å². The first-order valence-electron chi connectivity index (χ1n) is 5.47. The Hall–Kier alpha value is -1.65. The highest BCUT2D eigenvalue weighted by molar-refractivity contribution is 5.96. The highest BCUT2D eigenvalue weighted by atomic mass is 19.2. The monoisotopic (exact) mass is 256 g/mol. The number of hydrogen-bond donors (Lipinski definition) is 0. The molecule has 0 amide bonds. The minimum Gasteiger partial charge on any atom is -0.298 e. The van der Waals surface area contributed by atoms with Crippen molar-refractivity contribution in [2.45, 2.75) is 24.7 Å². The first-order chi connectivity index (χ1) is 8.38. The molecule has 0 aliphatic heterocycles. The van der Waals surface area contributed by atoms with E-state index in [0.29, 0.717) is 0 Å². The predicted octanol–water partition coefficient (Wildman–Crippen LogP) is 3.13. The maximum absolute atomic E-state index is 13.8. The van der Waals surface area contributed by atoms with Gasteiger partial charge in [0.05, 0.1) is 5.41 Å². The van der Waals surface area contributed by atoms with E-state index in [1.807, 2.05) is 0 Å². The van der Waals surface area contributed by atoms with Crippen molar-refractivity contribution in [1.29, 1.82) is 0 Å². The number of carbonyl (C=O) groups excluding carboxylic acids is 1. The molecule has 0 radical (unpaired) electrons. The second-order valence-electron chi connectivity index (χ2n) is 4.84. The molecular formula is C13H8F4O. The summed E-state index contributed by atoms with van der Waals surface area (Å²) in [5.41, 5.74) is -1.98. The standard InChI is InChI=1S/C13H8F4O/c1-13-3-2-5(4-6(13)18)7-8(13)10(15)12(17)11(16)9(7)14/h2-3,5H,4H2,1H3. The molecule has 1 aromatic rings. The highest BCUT2D eigenvalue weighted by Crippen LogP contribution is 2.49. The molecule has 0 saturated carbocycles. The van der Waals surface area contributed by atoms with Gasteiger partial charge in [-0.05, 0) is 6.92 Å². The quantitative estimate of drug-likeness (QED) is 0.301. The highest BCUT2D eigenvalue weighted by Gasteiger charge is 2.49. The van der Waals surface area contributed by atoms with Crippen LogP contribution in [0.1, 0.15) is 30.4 Å². The Morgan fingerprint density at radius 2 is 1.72 bits per heavy atom. The number of fused-ring (bicyclic) bond motifs is 1. The third kappa shape index (κ3) is 1.09. The molecule has 2 unspecified atom stereocenters. The summed E-state index contributed by atoms with van der Waals surface area (Å²) in [6, 6.07) is 0. The average Bonchev–Trinajstić information content (AvgIpc) is 2.34. The normalized spacial score (nSPS) is 28.7. The van der Waals surface area contributed by atoms with Crippen LogP contribution in [0.3, 0.4) is 0 Å². The largest absolute Gasteiger partial charge is 0.298 e. The third-order valence-electron chi connectivity index (χ3n) is 3.84. The van der Waals surface area contributed by atoms with Crippen molar-refractivity contribution in [1.82, 2.24) is 0 Å². The topological polar surface area (TPSA) is 17.1 Å². The minimum atomic E-state index is -1.86. The van der Waals surface area contributed by atoms with E-state index < -0.39 is 34.6 Å². The van der Waals surface area contributed by atoms with Gasteiger partial charge in [0, 0.05) is 23.5 Å². The zero-order valence-electron chi connectivity index (χ0n) is 9.36. The zero-order valence-corrected chi connectivity index (χ0v) is 9.36. The van der Waals surface area contributed by atoms with Gasteiger partial charge >= 0.3 is 0 Å². The molecule has 1 nitrogen and oxygen atoms in total. The van der Waals surface area contributed by atoms with E-state index in [0.717, 1.165) is 0 Å². The van der Waals surface area contributed by atoms with Crippen LogP contribution in [0.2, 0.25) is 0 Å². The lowest BCUT2D eigenvalue weighted by Gasteiger charge is -2.40. The van der Waals surface area contributed by atoms with Crippen LogP contribution in [0.4, 0.5) is 17.6 Å². The van der Waals surface area contributed by atoms with E-state index in [-0.39, 0.29) is 23.3 Å². The summed E-state index contributed by atoms with van der Waals surface area (Å²) in [7, 11) is 0. The number of allylic oxidation sites excluding steroid dienone is 2. The van der Waals surface area contributed by atoms with E-state index in [4.69, 9.17) is 0 Å². The fourth-order valence-corrected chi connectivity index (χ4v) is 2.81. The minimum absolute atomic E-state index is 0.0125. The molecule has 3 aliphatic carbocycles. The third-order valence-corrected chi connectivity index (χ3v) is 3.84. The first-order valence-corrected chi connectivity index (χ1v) is 5.47. The molecule has 0 heterocycles. The Morgan fingerprint density at radius 1 is 1.11 bits per heavy atom. The van der Waals surface area contributed by atoms with Crippen molar-refractivity contribution in [2.24, 2.45) is 0 Å². The maximum atomic E-state index is 13.8. The van der Waals surface area contributed by atoms with E-state index in [1.165, 1.54) is 13.0 Å². The van der Waals surface area contributed by atoms with Crippen LogP contribution < -0.4 is 0 Å². The summed E-state index contributed by atoms with van der Waals surface area (Å²) in [5, 5.41) is 0. The lowest BCUT2D eigenvalue weighted by molar-refractivity contribution is -0.123. The summed E-state index contributed by atoms with van der Waals surface area (Å²) in [6.07, 6.45) is 2.97. The van der Waals surface area contributed by atoms with E-state index in [9.17, 15) is 22.4 Å². The van der Waals surface area contributed by atoms with Crippen LogP contribution in [0.15, 0.2) is 12.2 Å². The summed E-state index contributed by atoms with van der Waals surface area (Å²) in [6.45, 7) is 1.39. The van der Waals surface area contributed by atoms with Crippen LogP contribution in [-0.2, 0) is 10.2 Å². The first kappa shape index (κ1) is 11.4. The molecule has 3 aliphatic rings. The van der Waals surface area contributed by atoms with Crippen molar-refractivity contribution >= 4 is 5.78 Å². The molecular weight excluding hydrogens is 248 g/mol. The van der Waals surface area contributed by atoms with Gasteiger partial charge in [0.15, 0.2) is 23.3 Å². The molecule has 0 spiro atoms. The van der Waals surface area contributed by atoms with Crippen LogP contribution in [-0.4, -0.2) is 5.78 Å². The summed E-state index contributed by atoms with van der Waals surface area (Å²) < 4.78 is 54.1. The number of halogens is 4. The van der Waals surface area contributed by atoms with E-state index >= 15 is 0 Å². The maximum Gasteiger partial charge on any atom is 0.197 e. The number of ketones is 1. The molecule has 0 fully saturated rings. The molecule has 1 aromatic carbocycles. The van der Waals surface area contributed by atoms with E-state index in [2.05, 4.69) is 0 Å². The molecule has 18 heavy (non-hydrogen) atoms. The van der Waals surface area contributed by atoms with Crippen molar-refractivity contribution in [3.05, 3.63) is 46.5 Å². The van der Waals surface area contributed by atoms with Gasteiger partial charge in [-0.3, -0.25) is 4.79 Å². The Morgan fingerprint density at radius 3 is 2.33 bits per heavy atom. The number of hydrogen-bond acceptors (Lipinski definition) is 1. The summed E-state index contributed by atoms with van der Waals surface area (Å²) >= 11 is 0. The molecule has 0 saturated heterocycles. The van der Waals surface area contributed by atoms with Gasteiger partial charge in [-0.2, -0.15) is 0 Å². The Balaban J connectivity index is 2.46. The summed E-state index contributed by atoms with van der Waals surface area (Å²) in [4.78, 5) is 11.8. The number of benzene rings is 1. The molecule has 4 rings (SSSR count). The average molecular weight is 256 g/mol. The van der Waals surface area contributed by atoms with Gasteiger partial charge < -0.3 is 0 Å². The second kappa shape index (κ2) is 3.22. The van der Waals surface area contributed by atoms with Crippen molar-refractivity contribution in [3.8, 4) is 0 Å². The molecule has 0 aromatic heterocycles. The summed E-state index contributed by atoms with van der Waals surface area (Å²) in [5.74, 6) is -7.55. The van der Waals surface area contributed by atoms with Gasteiger partial charge in [0.25, 0.3) is 0 Å². The van der Waals surface area contributed by atoms with Crippen LogP contribution >= 0.6 is 0 Å². The smallest absolute Gasteiger partial charge is 0.197 e. The van der Waals surface area contributed by atoms with Gasteiger partial charge in [-0.25, -0.2) is 17.6 Å². The van der Waals surface area contributed by atoms with E-state index in [1.54, 1.807) is 6.08 Å². The van der Waals surface area contributed by atoms with Crippen LogP contribution in [0.5, 0.6) is 0 Å². The molecule has 5 heteroatoms. The number of Topliss-reactive ketones (excluding diaryl/α,β-unsaturated/α-hetero) is 1. The molecule has 2 bridgehead atoms. The zero-order chi connectivity index (χ0) is 13.2. The fraction of sp³-hybridized carbons (Fsp3) is 0.308. The Bertz CT molecular complexity index is 620. The van der Waals surface area contributed by atoms with Gasteiger partial charge in [-0.1, -0.05) is 12.2 Å². The molecule has 94 valence electrons. The molecule has 2 atom stereocenters. The predicted molar refractivity (Wildman–Crippen MR) is 55.1 cm³/mol. The Labute approximate surface area is 100 Å². The SMILES string of the molecule is CC12C=CC(CC1=O)c1c(F)c(F)c(F)c(F)c12. The fourth-order valence-electron chi connectivity index (χ4n) is 2.81. The number of rotatable bonds is 0. The van der Waals surface area contributed by atoms with Gasteiger partial charge in [-0.15, -0.1) is 0 Å². The lowest BCUT2D eigenvalue weighted by atomic mass is 9.62. The second-order valence-corrected chi connectivity index (χ2v) is 4.84.